The van der Waals surface area contributed by atoms with E-state index in [-0.39, 0.29) is 0 Å². The van der Waals surface area contributed by atoms with Crippen LogP contribution in [0.1, 0.15) is 25.7 Å². The third-order valence-corrected chi connectivity index (χ3v) is 2.49. The standard InChI is InChI=1S/C11H23BrO3/c1-13-7-5-9-15-11-10-14-8-4-2-3-6-12/h2-11H2,1H3. The summed E-state index contributed by atoms with van der Waals surface area (Å²) in [7, 11) is 1.70. The van der Waals surface area contributed by atoms with Crippen LogP contribution in [0.15, 0.2) is 0 Å². The molecule has 3 nitrogen and oxygen atoms in total. The van der Waals surface area contributed by atoms with Crippen molar-refractivity contribution >= 4 is 15.9 Å². The van der Waals surface area contributed by atoms with E-state index in [0.717, 1.165) is 38.0 Å². The molecule has 0 aliphatic heterocycles. The quantitative estimate of drug-likeness (QED) is 0.407. The molecule has 0 aliphatic rings. The predicted octanol–water partition coefficient (Wildman–Crippen LogP) is 2.62. The summed E-state index contributed by atoms with van der Waals surface area (Å²) in [6.07, 6.45) is 4.58. The molecule has 0 aromatic rings. The van der Waals surface area contributed by atoms with Crippen molar-refractivity contribution in [2.24, 2.45) is 0 Å². The molecule has 0 amide bonds. The number of halogens is 1. The van der Waals surface area contributed by atoms with Crippen LogP contribution >= 0.6 is 15.9 Å². The monoisotopic (exact) mass is 282 g/mol. The van der Waals surface area contributed by atoms with Gasteiger partial charge in [0.15, 0.2) is 0 Å². The number of methoxy groups -OCH3 is 1. The molecule has 0 atom stereocenters. The summed E-state index contributed by atoms with van der Waals surface area (Å²) in [6, 6.07) is 0. The van der Waals surface area contributed by atoms with Crippen LogP contribution in [0, 0.1) is 0 Å². The Labute approximate surface area is 102 Å². The highest BCUT2D eigenvalue weighted by molar-refractivity contribution is 9.09. The second-order valence-corrected chi connectivity index (χ2v) is 4.11. The number of unbranched alkanes of at least 4 members (excludes halogenated alkanes) is 2. The fourth-order valence-electron chi connectivity index (χ4n) is 1.10. The Balaban J connectivity index is 2.81. The van der Waals surface area contributed by atoms with Crippen molar-refractivity contribution in [1.82, 2.24) is 0 Å². The Morgan fingerprint density at radius 2 is 1.40 bits per heavy atom. The first-order chi connectivity index (χ1) is 7.41. The molecule has 0 N–H and O–H groups in total. The molecule has 0 aromatic heterocycles. The van der Waals surface area contributed by atoms with Crippen LogP contribution in [0.2, 0.25) is 0 Å². The van der Waals surface area contributed by atoms with Gasteiger partial charge in [0.05, 0.1) is 13.2 Å². The van der Waals surface area contributed by atoms with Crippen molar-refractivity contribution < 1.29 is 14.2 Å². The van der Waals surface area contributed by atoms with Gasteiger partial charge in [-0.1, -0.05) is 22.4 Å². The van der Waals surface area contributed by atoms with Gasteiger partial charge in [-0.05, 0) is 19.3 Å². The summed E-state index contributed by atoms with van der Waals surface area (Å²) in [6.45, 7) is 3.80. The van der Waals surface area contributed by atoms with Crippen molar-refractivity contribution in [2.75, 3.05) is 45.5 Å². The molecule has 15 heavy (non-hydrogen) atoms. The molecule has 0 heterocycles. The third kappa shape index (κ3) is 14.4. The van der Waals surface area contributed by atoms with Crippen LogP contribution in [-0.2, 0) is 14.2 Å². The molecule has 0 aliphatic carbocycles. The summed E-state index contributed by atoms with van der Waals surface area (Å²) < 4.78 is 15.7. The lowest BCUT2D eigenvalue weighted by atomic mass is 10.3. The molecule has 0 bridgehead atoms. The summed E-state index contributed by atoms with van der Waals surface area (Å²) in [5.41, 5.74) is 0. The second-order valence-electron chi connectivity index (χ2n) is 3.32. The van der Waals surface area contributed by atoms with E-state index in [0.29, 0.717) is 13.2 Å². The fourth-order valence-corrected chi connectivity index (χ4v) is 1.50. The molecule has 0 unspecified atom stereocenters. The molecule has 0 aromatic carbocycles. The van der Waals surface area contributed by atoms with Gasteiger partial charge in [0.1, 0.15) is 0 Å². The fraction of sp³-hybridized carbons (Fsp3) is 1.00. The van der Waals surface area contributed by atoms with Gasteiger partial charge in [0, 0.05) is 32.3 Å². The van der Waals surface area contributed by atoms with Gasteiger partial charge in [-0.3, -0.25) is 0 Å². The molecule has 0 fully saturated rings. The number of ether oxygens (including phenoxy) is 3. The van der Waals surface area contributed by atoms with Crippen LogP contribution in [-0.4, -0.2) is 45.5 Å². The Morgan fingerprint density at radius 1 is 0.733 bits per heavy atom. The van der Waals surface area contributed by atoms with E-state index in [1.165, 1.54) is 12.8 Å². The summed E-state index contributed by atoms with van der Waals surface area (Å²) in [5, 5.41) is 1.09. The minimum Gasteiger partial charge on any atom is -0.385 e. The highest BCUT2D eigenvalue weighted by atomic mass is 79.9. The lowest BCUT2D eigenvalue weighted by Gasteiger charge is -2.05. The van der Waals surface area contributed by atoms with Gasteiger partial charge in [0.2, 0.25) is 0 Å². The second kappa shape index (κ2) is 14.4. The van der Waals surface area contributed by atoms with E-state index in [1.54, 1.807) is 7.11 Å². The molecule has 92 valence electrons. The zero-order valence-electron chi connectivity index (χ0n) is 9.67. The Kier molecular flexibility index (Phi) is 14.7. The maximum absolute atomic E-state index is 5.42. The predicted molar refractivity (Wildman–Crippen MR) is 65.8 cm³/mol. The Hall–Kier alpha value is 0.360. The van der Waals surface area contributed by atoms with Gasteiger partial charge in [-0.25, -0.2) is 0 Å². The van der Waals surface area contributed by atoms with Crippen LogP contribution < -0.4 is 0 Å². The molecule has 0 radical (unpaired) electrons. The zero-order chi connectivity index (χ0) is 11.2. The first kappa shape index (κ1) is 15.4. The van der Waals surface area contributed by atoms with E-state index in [1.807, 2.05) is 0 Å². The molecule has 0 spiro atoms. The van der Waals surface area contributed by atoms with Crippen LogP contribution in [0.25, 0.3) is 0 Å². The molecule has 4 heteroatoms. The van der Waals surface area contributed by atoms with Gasteiger partial charge in [0.25, 0.3) is 0 Å². The number of alkyl halides is 1. The van der Waals surface area contributed by atoms with Crippen molar-refractivity contribution in [1.29, 1.82) is 0 Å². The third-order valence-electron chi connectivity index (χ3n) is 1.93. The molecule has 0 saturated heterocycles. The Morgan fingerprint density at radius 3 is 2.00 bits per heavy atom. The van der Waals surface area contributed by atoms with Crippen molar-refractivity contribution in [3.63, 3.8) is 0 Å². The smallest absolute Gasteiger partial charge is 0.0700 e. The highest BCUT2D eigenvalue weighted by Crippen LogP contribution is 1.98. The van der Waals surface area contributed by atoms with E-state index in [9.17, 15) is 0 Å². The first-order valence-electron chi connectivity index (χ1n) is 5.62. The average Bonchev–Trinajstić information content (AvgIpc) is 2.26. The SMILES string of the molecule is COCCCOCCOCCCCCBr. The summed E-state index contributed by atoms with van der Waals surface area (Å²) >= 11 is 3.40. The van der Waals surface area contributed by atoms with Crippen molar-refractivity contribution in [3.8, 4) is 0 Å². The molecule has 0 rings (SSSR count). The molecule has 0 saturated carbocycles. The van der Waals surface area contributed by atoms with Crippen molar-refractivity contribution in [2.45, 2.75) is 25.7 Å². The lowest BCUT2D eigenvalue weighted by Crippen LogP contribution is -2.07. The van der Waals surface area contributed by atoms with Gasteiger partial charge >= 0.3 is 0 Å². The summed E-state index contributed by atoms with van der Waals surface area (Å²) in [5.74, 6) is 0. The van der Waals surface area contributed by atoms with Gasteiger partial charge < -0.3 is 14.2 Å². The largest absolute Gasteiger partial charge is 0.385 e. The number of rotatable bonds is 12. The maximum atomic E-state index is 5.42. The minimum absolute atomic E-state index is 0.697. The van der Waals surface area contributed by atoms with Gasteiger partial charge in [-0.15, -0.1) is 0 Å². The highest BCUT2D eigenvalue weighted by Gasteiger charge is 1.91. The number of hydrogen-bond donors (Lipinski definition) is 0. The van der Waals surface area contributed by atoms with Crippen LogP contribution in [0.3, 0.4) is 0 Å². The number of hydrogen-bond acceptors (Lipinski definition) is 3. The van der Waals surface area contributed by atoms with E-state index in [2.05, 4.69) is 15.9 Å². The van der Waals surface area contributed by atoms with E-state index in [4.69, 9.17) is 14.2 Å². The topological polar surface area (TPSA) is 27.7 Å². The summed E-state index contributed by atoms with van der Waals surface area (Å²) in [4.78, 5) is 0. The van der Waals surface area contributed by atoms with Crippen LogP contribution in [0.4, 0.5) is 0 Å². The van der Waals surface area contributed by atoms with Crippen molar-refractivity contribution in [3.05, 3.63) is 0 Å². The molecular formula is C11H23BrO3. The van der Waals surface area contributed by atoms with E-state index >= 15 is 0 Å². The maximum Gasteiger partial charge on any atom is 0.0700 e. The van der Waals surface area contributed by atoms with Crippen LogP contribution in [0.5, 0.6) is 0 Å². The minimum atomic E-state index is 0.697. The normalized spacial score (nSPS) is 10.8. The lowest BCUT2D eigenvalue weighted by molar-refractivity contribution is 0.0388. The van der Waals surface area contributed by atoms with Gasteiger partial charge in [-0.2, -0.15) is 0 Å². The Bertz CT molecular complexity index is 100. The zero-order valence-corrected chi connectivity index (χ0v) is 11.3. The molecular weight excluding hydrogens is 260 g/mol. The first-order valence-corrected chi connectivity index (χ1v) is 6.74. The average molecular weight is 283 g/mol. The van der Waals surface area contributed by atoms with E-state index < -0.39 is 0 Å².